The van der Waals surface area contributed by atoms with Crippen molar-refractivity contribution in [3.05, 3.63) is 56.9 Å². The van der Waals surface area contributed by atoms with E-state index in [0.717, 1.165) is 0 Å². The predicted molar refractivity (Wildman–Crippen MR) is 71.8 cm³/mol. The normalized spacial score (nSPS) is 12.4. The molecule has 3 N–H and O–H groups in total. The van der Waals surface area contributed by atoms with Crippen molar-refractivity contribution in [2.75, 3.05) is 5.73 Å². The Morgan fingerprint density at radius 3 is 2.78 bits per heavy atom. The molecule has 0 aliphatic rings. The van der Waals surface area contributed by atoms with Crippen LogP contribution in [0.2, 0.25) is 5.02 Å². The lowest BCUT2D eigenvalue weighted by Gasteiger charge is -2.13. The molecule has 0 fully saturated rings. The number of aliphatic hydroxyl groups is 1. The number of nitrogen functional groups attached to an aromatic ring is 1. The molecule has 6 heteroatoms. The first-order chi connectivity index (χ1) is 8.49. The molecule has 0 radical (unpaired) electrons. The number of nitrogens with two attached hydrogens (primary N) is 1. The highest BCUT2D eigenvalue weighted by atomic mass is 79.9. The summed E-state index contributed by atoms with van der Waals surface area (Å²) < 4.78 is 13.7. The first kappa shape index (κ1) is 13.3. The van der Waals surface area contributed by atoms with Gasteiger partial charge in [-0.25, -0.2) is 9.37 Å². The van der Waals surface area contributed by atoms with Crippen LogP contribution in [0.1, 0.15) is 17.2 Å². The van der Waals surface area contributed by atoms with Crippen molar-refractivity contribution < 1.29 is 9.50 Å². The second kappa shape index (κ2) is 5.22. The van der Waals surface area contributed by atoms with Gasteiger partial charge in [0.05, 0.1) is 9.50 Å². The summed E-state index contributed by atoms with van der Waals surface area (Å²) in [5.74, 6) is -0.296. The number of anilines is 1. The molecule has 2 aromatic rings. The van der Waals surface area contributed by atoms with Gasteiger partial charge in [0.15, 0.2) is 0 Å². The fourth-order valence-electron chi connectivity index (χ4n) is 1.55. The van der Waals surface area contributed by atoms with E-state index in [2.05, 4.69) is 20.9 Å². The van der Waals surface area contributed by atoms with E-state index in [1.165, 1.54) is 24.4 Å². The zero-order valence-electron chi connectivity index (χ0n) is 9.07. The molecule has 0 aliphatic carbocycles. The third kappa shape index (κ3) is 2.63. The third-order valence-corrected chi connectivity index (χ3v) is 3.32. The molecule has 3 nitrogen and oxygen atoms in total. The monoisotopic (exact) mass is 330 g/mol. The number of rotatable bonds is 2. The van der Waals surface area contributed by atoms with E-state index in [1.807, 2.05) is 0 Å². The van der Waals surface area contributed by atoms with Gasteiger partial charge in [0.2, 0.25) is 0 Å². The van der Waals surface area contributed by atoms with Crippen molar-refractivity contribution >= 4 is 33.3 Å². The molecule has 1 aromatic heterocycles. The minimum Gasteiger partial charge on any atom is -0.384 e. The number of aliphatic hydroxyl groups excluding tert-OH is 1. The minimum absolute atomic E-state index is 0.162. The Bertz CT molecular complexity index is 594. The van der Waals surface area contributed by atoms with Crippen LogP contribution in [0, 0.1) is 5.82 Å². The average molecular weight is 332 g/mol. The van der Waals surface area contributed by atoms with Crippen molar-refractivity contribution in [3.63, 3.8) is 0 Å². The first-order valence-corrected chi connectivity index (χ1v) is 6.20. The minimum atomic E-state index is -1.07. The van der Waals surface area contributed by atoms with Crippen LogP contribution in [0.5, 0.6) is 0 Å². The van der Waals surface area contributed by atoms with Crippen LogP contribution in [0.25, 0.3) is 0 Å². The Morgan fingerprint density at radius 2 is 2.11 bits per heavy atom. The average Bonchev–Trinajstić information content (AvgIpc) is 2.35. The number of hydrogen-bond acceptors (Lipinski definition) is 3. The standard InChI is InChI=1S/C12H9BrClFN2O/c13-9-2-1-6(3-10(9)15)11(18)8-4-7(14)5-17-12(8)16/h1-5,11,18H,(H2,16,17). The summed E-state index contributed by atoms with van der Waals surface area (Å²) in [4.78, 5) is 3.85. The zero-order chi connectivity index (χ0) is 13.3. The maximum atomic E-state index is 13.4. The smallest absolute Gasteiger partial charge is 0.137 e. The van der Waals surface area contributed by atoms with Crippen molar-refractivity contribution in [1.82, 2.24) is 4.98 Å². The summed E-state index contributed by atoms with van der Waals surface area (Å²) in [6.45, 7) is 0. The summed E-state index contributed by atoms with van der Waals surface area (Å²) in [6.07, 6.45) is 0.314. The highest BCUT2D eigenvalue weighted by Crippen LogP contribution is 2.29. The fourth-order valence-corrected chi connectivity index (χ4v) is 1.96. The summed E-state index contributed by atoms with van der Waals surface area (Å²) in [6, 6.07) is 5.85. The molecule has 1 heterocycles. The lowest BCUT2D eigenvalue weighted by Crippen LogP contribution is -2.06. The molecule has 0 spiro atoms. The van der Waals surface area contributed by atoms with Gasteiger partial charge in [0.25, 0.3) is 0 Å². The van der Waals surface area contributed by atoms with Crippen LogP contribution in [0.4, 0.5) is 10.2 Å². The van der Waals surface area contributed by atoms with Gasteiger partial charge in [0.1, 0.15) is 17.7 Å². The van der Waals surface area contributed by atoms with Crippen LogP contribution in [0.15, 0.2) is 34.9 Å². The molecule has 1 atom stereocenters. The summed E-state index contributed by atoms with van der Waals surface area (Å²) in [7, 11) is 0. The summed E-state index contributed by atoms with van der Waals surface area (Å²) >= 11 is 8.84. The molecule has 2 rings (SSSR count). The second-order valence-corrected chi connectivity index (χ2v) is 4.99. The third-order valence-electron chi connectivity index (χ3n) is 2.47. The number of nitrogens with zero attached hydrogens (tertiary/aromatic N) is 1. The van der Waals surface area contributed by atoms with Crippen LogP contribution < -0.4 is 5.73 Å². The second-order valence-electron chi connectivity index (χ2n) is 3.70. The zero-order valence-corrected chi connectivity index (χ0v) is 11.4. The molecule has 0 bridgehead atoms. The lowest BCUT2D eigenvalue weighted by molar-refractivity contribution is 0.220. The maximum absolute atomic E-state index is 13.4. The Balaban J connectivity index is 2.44. The van der Waals surface area contributed by atoms with Gasteiger partial charge < -0.3 is 10.8 Å². The molecule has 18 heavy (non-hydrogen) atoms. The van der Waals surface area contributed by atoms with E-state index in [9.17, 15) is 9.50 Å². The van der Waals surface area contributed by atoms with Crippen LogP contribution in [0.3, 0.4) is 0 Å². The Hall–Kier alpha value is -1.17. The van der Waals surface area contributed by atoms with Gasteiger partial charge in [-0.1, -0.05) is 17.7 Å². The Kier molecular flexibility index (Phi) is 3.85. The Labute approximate surface area is 117 Å². The van der Waals surface area contributed by atoms with Gasteiger partial charge in [0, 0.05) is 11.8 Å². The lowest BCUT2D eigenvalue weighted by atomic mass is 10.0. The van der Waals surface area contributed by atoms with E-state index in [0.29, 0.717) is 20.6 Å². The first-order valence-electron chi connectivity index (χ1n) is 5.03. The van der Waals surface area contributed by atoms with Crippen LogP contribution in [-0.4, -0.2) is 10.1 Å². The molecule has 1 unspecified atom stereocenters. The predicted octanol–water partition coefficient (Wildman–Crippen LogP) is 3.30. The number of pyridine rings is 1. The fraction of sp³-hybridized carbons (Fsp3) is 0.0833. The number of benzene rings is 1. The van der Waals surface area contributed by atoms with Crippen molar-refractivity contribution in [2.45, 2.75) is 6.10 Å². The number of halogens is 3. The van der Waals surface area contributed by atoms with Gasteiger partial charge in [-0.3, -0.25) is 0 Å². The quantitative estimate of drug-likeness (QED) is 0.887. The number of hydrogen-bond donors (Lipinski definition) is 2. The van der Waals surface area contributed by atoms with Gasteiger partial charge >= 0.3 is 0 Å². The highest BCUT2D eigenvalue weighted by molar-refractivity contribution is 9.10. The van der Waals surface area contributed by atoms with E-state index in [-0.39, 0.29) is 5.82 Å². The number of aromatic nitrogens is 1. The highest BCUT2D eigenvalue weighted by Gasteiger charge is 2.16. The molecule has 0 saturated carbocycles. The molecular weight excluding hydrogens is 322 g/mol. The molecule has 0 saturated heterocycles. The molecule has 1 aromatic carbocycles. The summed E-state index contributed by atoms with van der Waals surface area (Å²) in [5.41, 5.74) is 6.40. The molecular formula is C12H9BrClFN2O. The molecule has 0 amide bonds. The van der Waals surface area contributed by atoms with Crippen LogP contribution in [-0.2, 0) is 0 Å². The SMILES string of the molecule is Nc1ncc(Cl)cc1C(O)c1ccc(Br)c(F)c1. The topological polar surface area (TPSA) is 59.1 Å². The molecule has 94 valence electrons. The largest absolute Gasteiger partial charge is 0.384 e. The van der Waals surface area contributed by atoms with Gasteiger partial charge in [-0.2, -0.15) is 0 Å². The van der Waals surface area contributed by atoms with Gasteiger partial charge in [-0.15, -0.1) is 0 Å². The van der Waals surface area contributed by atoms with Crippen molar-refractivity contribution in [2.24, 2.45) is 0 Å². The van der Waals surface area contributed by atoms with Crippen molar-refractivity contribution in [3.8, 4) is 0 Å². The Morgan fingerprint density at radius 1 is 1.39 bits per heavy atom. The van der Waals surface area contributed by atoms with E-state index in [1.54, 1.807) is 6.07 Å². The van der Waals surface area contributed by atoms with Crippen LogP contribution >= 0.6 is 27.5 Å². The van der Waals surface area contributed by atoms with Crippen molar-refractivity contribution in [1.29, 1.82) is 0 Å². The maximum Gasteiger partial charge on any atom is 0.137 e. The van der Waals surface area contributed by atoms with E-state index < -0.39 is 11.9 Å². The molecule has 0 aliphatic heterocycles. The van der Waals surface area contributed by atoms with E-state index in [4.69, 9.17) is 17.3 Å². The van der Waals surface area contributed by atoms with Gasteiger partial charge in [-0.05, 0) is 39.7 Å². The van der Waals surface area contributed by atoms with E-state index >= 15 is 0 Å². The summed E-state index contributed by atoms with van der Waals surface area (Å²) in [5, 5.41) is 10.5.